The van der Waals surface area contributed by atoms with Crippen molar-refractivity contribution in [3.05, 3.63) is 30.5 Å². The van der Waals surface area contributed by atoms with Crippen LogP contribution in [0.15, 0.2) is 30.5 Å². The Labute approximate surface area is 305 Å². The number of amides is 2. The molecule has 52 heavy (non-hydrogen) atoms. The molecular formula is C38H51N3O10S. The summed E-state index contributed by atoms with van der Waals surface area (Å²) in [6.45, 7) is 7.62. The second-order valence-electron chi connectivity index (χ2n) is 16.0. The van der Waals surface area contributed by atoms with Crippen LogP contribution in [-0.2, 0) is 38.4 Å². The van der Waals surface area contributed by atoms with E-state index in [0.29, 0.717) is 42.7 Å². The molecule has 2 amide bonds. The maximum Gasteiger partial charge on any atom is 0.362 e. The molecular weight excluding hydrogens is 690 g/mol. The van der Waals surface area contributed by atoms with Crippen molar-refractivity contribution in [1.29, 1.82) is 0 Å². The third-order valence-corrected chi connectivity index (χ3v) is 12.1. The number of ketones is 1. The Morgan fingerprint density at radius 3 is 2.40 bits per heavy atom. The molecule has 2 heterocycles. The quantitative estimate of drug-likeness (QED) is 0.243. The van der Waals surface area contributed by atoms with Crippen LogP contribution in [0.4, 0.5) is 0 Å². The smallest absolute Gasteiger partial charge is 0.362 e. The first-order valence-corrected chi connectivity index (χ1v) is 19.9. The number of nitrogens with one attached hydrogen (secondary N) is 1. The Hall–Kier alpha value is -3.78. The van der Waals surface area contributed by atoms with E-state index in [0.717, 1.165) is 31.1 Å². The Morgan fingerprint density at radius 2 is 1.77 bits per heavy atom. The van der Waals surface area contributed by atoms with Crippen molar-refractivity contribution < 1.29 is 46.0 Å². The third kappa shape index (κ3) is 8.54. The van der Waals surface area contributed by atoms with Crippen LogP contribution in [0.25, 0.3) is 10.9 Å². The lowest BCUT2D eigenvalue weighted by Crippen LogP contribution is -2.48. The minimum Gasteiger partial charge on any atom is -0.497 e. The predicted molar refractivity (Wildman–Crippen MR) is 190 cm³/mol. The largest absolute Gasteiger partial charge is 0.497 e. The SMILES string of the molecule is CC[C@@H]1C[C@]1(CC(=O)[C@@H]1C[C@@H](Oc2ccnc3cc(OC)ccc23)CN1C(=O)[C@@H](CC(=O)OC1CCCC1)C(C)(C)C)C(=O)NS(=O)(=O)OC1CC1. The van der Waals surface area contributed by atoms with Gasteiger partial charge in [0.05, 0.1) is 49.1 Å². The molecule has 14 heteroatoms. The van der Waals surface area contributed by atoms with Gasteiger partial charge in [-0.2, -0.15) is 8.42 Å². The molecule has 5 atom stereocenters. The number of pyridine rings is 1. The van der Waals surface area contributed by atoms with E-state index in [1.165, 1.54) is 4.90 Å². The molecule has 0 bridgehead atoms. The van der Waals surface area contributed by atoms with Gasteiger partial charge in [0.25, 0.3) is 0 Å². The zero-order valence-electron chi connectivity index (χ0n) is 30.7. The number of likely N-dealkylation sites (tertiary alicyclic amines) is 1. The predicted octanol–water partition coefficient (Wildman–Crippen LogP) is 5.05. The standard InChI is InChI=1S/C38H51N3O10S/c1-6-23-20-38(23,36(45)40-52(46,47)51-25-11-12-25)21-32(42)31-18-27(49-33-15-16-39-30-17-26(48-5)13-14-28(30)33)22-41(31)35(44)29(37(2,3)4)19-34(43)50-24-9-7-8-10-24/h13-17,23-25,27,29,31H,6-12,18-22H2,1-5H3,(H,40,45)/t23-,27-,29-,31+,38-/m1/s1. The van der Waals surface area contributed by atoms with Gasteiger partial charge in [-0.3, -0.25) is 28.3 Å². The number of fused-ring (bicyclic) bond motifs is 1. The zero-order chi connectivity index (χ0) is 37.4. The number of benzene rings is 1. The van der Waals surface area contributed by atoms with Gasteiger partial charge in [-0.15, -0.1) is 0 Å². The van der Waals surface area contributed by atoms with Gasteiger partial charge in [0.15, 0.2) is 5.78 Å². The van der Waals surface area contributed by atoms with Crippen molar-refractivity contribution in [1.82, 2.24) is 14.6 Å². The first-order chi connectivity index (χ1) is 24.6. The highest BCUT2D eigenvalue weighted by Crippen LogP contribution is 2.58. The van der Waals surface area contributed by atoms with Gasteiger partial charge in [-0.1, -0.05) is 34.1 Å². The summed E-state index contributed by atoms with van der Waals surface area (Å²) in [6, 6.07) is 6.18. The van der Waals surface area contributed by atoms with E-state index >= 15 is 0 Å². The Bertz CT molecular complexity index is 1800. The third-order valence-electron chi connectivity index (χ3n) is 11.1. The first kappa shape index (κ1) is 38.0. The van der Waals surface area contributed by atoms with Gasteiger partial charge in [-0.05, 0) is 74.5 Å². The van der Waals surface area contributed by atoms with Crippen LogP contribution >= 0.6 is 0 Å². The van der Waals surface area contributed by atoms with E-state index in [4.69, 9.17) is 18.4 Å². The van der Waals surface area contributed by atoms with Gasteiger partial charge < -0.3 is 19.1 Å². The maximum atomic E-state index is 14.6. The first-order valence-electron chi connectivity index (χ1n) is 18.5. The molecule has 13 nitrogen and oxygen atoms in total. The number of hydrogen-bond acceptors (Lipinski definition) is 11. The van der Waals surface area contributed by atoms with E-state index in [1.807, 2.05) is 33.8 Å². The number of hydrogen-bond donors (Lipinski definition) is 1. The fraction of sp³-hybridized carbons (Fsp3) is 0.658. The Kier molecular flexibility index (Phi) is 10.9. The normalized spacial score (nSPS) is 25.5. The number of esters is 1. The average Bonchev–Trinajstić information content (AvgIpc) is 3.92. The molecule has 4 fully saturated rings. The number of ether oxygens (including phenoxy) is 3. The molecule has 0 radical (unpaired) electrons. The highest BCUT2D eigenvalue weighted by atomic mass is 32.2. The molecule has 3 saturated carbocycles. The summed E-state index contributed by atoms with van der Waals surface area (Å²) in [5.41, 5.74) is -1.25. The van der Waals surface area contributed by atoms with Crippen LogP contribution in [0.5, 0.6) is 11.5 Å². The summed E-state index contributed by atoms with van der Waals surface area (Å²) < 4.78 is 49.9. The number of nitrogens with zero attached hydrogens (tertiary/aromatic N) is 2. The molecule has 2 aromatic rings. The number of carbonyl (C=O) groups is 4. The van der Waals surface area contributed by atoms with Gasteiger partial charge >= 0.3 is 16.3 Å². The molecule has 1 aromatic heterocycles. The van der Waals surface area contributed by atoms with E-state index in [9.17, 15) is 27.6 Å². The Morgan fingerprint density at radius 1 is 1.04 bits per heavy atom. The molecule has 0 unspecified atom stereocenters. The number of methoxy groups -OCH3 is 1. The van der Waals surface area contributed by atoms with Crippen molar-refractivity contribution in [2.45, 2.75) is 123 Å². The van der Waals surface area contributed by atoms with Crippen LogP contribution < -0.4 is 14.2 Å². The lowest BCUT2D eigenvalue weighted by Gasteiger charge is -2.35. The average molecular weight is 742 g/mol. The molecule has 0 spiro atoms. The summed E-state index contributed by atoms with van der Waals surface area (Å²) in [7, 11) is -2.77. The zero-order valence-corrected chi connectivity index (χ0v) is 31.5. The van der Waals surface area contributed by atoms with Crippen LogP contribution in [0.3, 0.4) is 0 Å². The molecule has 1 aliphatic heterocycles. The molecule has 3 aliphatic carbocycles. The van der Waals surface area contributed by atoms with Gasteiger partial charge in [-0.25, -0.2) is 4.72 Å². The number of Topliss-reactive ketones (excluding diaryl/α,β-unsaturated/α-hetero) is 1. The van der Waals surface area contributed by atoms with Crippen molar-refractivity contribution >= 4 is 44.8 Å². The minimum absolute atomic E-state index is 0.0689. The second kappa shape index (κ2) is 14.9. The van der Waals surface area contributed by atoms with Crippen molar-refractivity contribution in [3.63, 3.8) is 0 Å². The Balaban J connectivity index is 1.26. The molecule has 4 aliphatic rings. The monoisotopic (exact) mass is 741 g/mol. The van der Waals surface area contributed by atoms with Gasteiger partial charge in [0, 0.05) is 30.5 Å². The molecule has 1 saturated heterocycles. The highest BCUT2D eigenvalue weighted by molar-refractivity contribution is 7.85. The fourth-order valence-electron chi connectivity index (χ4n) is 7.82. The van der Waals surface area contributed by atoms with Crippen molar-refractivity contribution in [3.8, 4) is 11.5 Å². The van der Waals surface area contributed by atoms with Crippen LogP contribution in [-0.4, -0.2) is 79.9 Å². The number of aromatic nitrogens is 1. The van der Waals surface area contributed by atoms with Crippen molar-refractivity contribution in [2.24, 2.45) is 22.7 Å². The molecule has 1 aromatic carbocycles. The van der Waals surface area contributed by atoms with Crippen LogP contribution in [0.2, 0.25) is 0 Å². The van der Waals surface area contributed by atoms with E-state index in [-0.39, 0.29) is 49.5 Å². The lowest BCUT2D eigenvalue weighted by molar-refractivity contribution is -0.156. The summed E-state index contributed by atoms with van der Waals surface area (Å²) in [5.74, 6) is -1.79. The fourth-order valence-corrected chi connectivity index (χ4v) is 8.84. The van der Waals surface area contributed by atoms with E-state index in [1.54, 1.807) is 31.5 Å². The second-order valence-corrected chi connectivity index (χ2v) is 17.3. The maximum absolute atomic E-state index is 14.6. The summed E-state index contributed by atoms with van der Waals surface area (Å²) >= 11 is 0. The van der Waals surface area contributed by atoms with E-state index in [2.05, 4.69) is 9.71 Å². The molecule has 6 rings (SSSR count). The lowest BCUT2D eigenvalue weighted by atomic mass is 9.77. The van der Waals surface area contributed by atoms with Gasteiger partial charge in [0.2, 0.25) is 11.8 Å². The molecule has 284 valence electrons. The van der Waals surface area contributed by atoms with E-state index < -0.39 is 57.2 Å². The van der Waals surface area contributed by atoms with Crippen LogP contribution in [0.1, 0.15) is 98.3 Å². The minimum atomic E-state index is -4.34. The van der Waals surface area contributed by atoms with Gasteiger partial charge in [0.1, 0.15) is 23.7 Å². The summed E-state index contributed by atoms with van der Waals surface area (Å²) in [4.78, 5) is 61.7. The molecule has 1 N–H and O–H groups in total. The summed E-state index contributed by atoms with van der Waals surface area (Å²) in [5, 5.41) is 0.729. The summed E-state index contributed by atoms with van der Waals surface area (Å²) in [6.07, 6.45) is 5.89. The highest BCUT2D eigenvalue weighted by Gasteiger charge is 2.61. The number of carbonyl (C=O) groups excluding carboxylic acids is 4. The number of rotatable bonds is 15. The van der Waals surface area contributed by atoms with Crippen molar-refractivity contribution in [2.75, 3.05) is 13.7 Å². The van der Waals surface area contributed by atoms with Crippen LogP contribution in [0, 0.1) is 22.7 Å². The topological polar surface area (TPSA) is 168 Å².